The van der Waals surface area contributed by atoms with E-state index in [2.05, 4.69) is 13.5 Å². The maximum absolute atomic E-state index is 12.0. The number of rotatable bonds is 7. The Bertz CT molecular complexity index is 311. The highest BCUT2D eigenvalue weighted by Gasteiger charge is 2.47. The molecule has 2 nitrogen and oxygen atoms in total. The molecule has 0 radical (unpaired) electrons. The van der Waals surface area contributed by atoms with Gasteiger partial charge in [0.25, 0.3) is 0 Å². The molecule has 0 saturated heterocycles. The maximum Gasteiger partial charge on any atom is 0.333 e. The van der Waals surface area contributed by atoms with Crippen LogP contribution < -0.4 is 0 Å². The zero-order valence-corrected chi connectivity index (χ0v) is 11.7. The van der Waals surface area contributed by atoms with Crippen molar-refractivity contribution in [2.45, 2.75) is 76.7 Å². The second-order valence-corrected chi connectivity index (χ2v) is 6.13. The predicted molar refractivity (Wildman–Crippen MR) is 73.3 cm³/mol. The van der Waals surface area contributed by atoms with Crippen LogP contribution in [0.2, 0.25) is 0 Å². The summed E-state index contributed by atoms with van der Waals surface area (Å²) in [5.74, 6) is 0.685. The summed E-state index contributed by atoms with van der Waals surface area (Å²) in [6.07, 6.45) is 11.3. The van der Waals surface area contributed by atoms with E-state index in [0.29, 0.717) is 5.57 Å². The van der Waals surface area contributed by atoms with Crippen molar-refractivity contribution in [2.24, 2.45) is 5.92 Å². The van der Waals surface area contributed by atoms with Gasteiger partial charge in [-0.15, -0.1) is 0 Å². The van der Waals surface area contributed by atoms with E-state index < -0.39 is 0 Å². The Balaban J connectivity index is 1.72. The smallest absolute Gasteiger partial charge is 0.333 e. The lowest BCUT2D eigenvalue weighted by Crippen LogP contribution is -2.30. The van der Waals surface area contributed by atoms with Crippen molar-refractivity contribution < 1.29 is 9.53 Å². The molecule has 0 aromatic carbocycles. The van der Waals surface area contributed by atoms with E-state index in [1.54, 1.807) is 0 Å². The van der Waals surface area contributed by atoms with E-state index in [0.717, 1.165) is 38.0 Å². The van der Waals surface area contributed by atoms with Crippen molar-refractivity contribution in [3.63, 3.8) is 0 Å². The molecule has 2 heteroatoms. The molecule has 2 bridgehead atoms. The maximum atomic E-state index is 12.0. The van der Waals surface area contributed by atoms with Crippen LogP contribution in [-0.4, -0.2) is 11.6 Å². The third kappa shape index (κ3) is 3.15. The summed E-state index contributed by atoms with van der Waals surface area (Å²) >= 11 is 0. The molecule has 2 rings (SSSR count). The van der Waals surface area contributed by atoms with Gasteiger partial charge in [0.1, 0.15) is 5.60 Å². The van der Waals surface area contributed by atoms with Crippen molar-refractivity contribution >= 4 is 5.97 Å². The van der Waals surface area contributed by atoms with Crippen LogP contribution >= 0.6 is 0 Å². The fourth-order valence-corrected chi connectivity index (χ4v) is 3.42. The van der Waals surface area contributed by atoms with Gasteiger partial charge in [0, 0.05) is 5.57 Å². The first kappa shape index (κ1) is 13.6. The Morgan fingerprint density at radius 2 is 2.00 bits per heavy atom. The number of carbonyl (C=O) groups excluding carboxylic acids is 1. The highest BCUT2D eigenvalue weighted by molar-refractivity contribution is 5.88. The summed E-state index contributed by atoms with van der Waals surface area (Å²) in [6.45, 7) is 6.09. The van der Waals surface area contributed by atoms with Gasteiger partial charge in [0.05, 0.1) is 0 Å². The number of carbonyl (C=O) groups is 1. The average molecular weight is 250 g/mol. The van der Waals surface area contributed by atoms with E-state index in [1.807, 2.05) is 0 Å². The zero-order chi connectivity index (χ0) is 13.0. The SMILES string of the molecule is C=C(CCCCCC)C(=O)OC12CCC(CC1)C2. The van der Waals surface area contributed by atoms with Gasteiger partial charge in [0.2, 0.25) is 0 Å². The number of fused-ring (bicyclic) bond motifs is 2. The minimum Gasteiger partial charge on any atom is -0.456 e. The second-order valence-electron chi connectivity index (χ2n) is 6.13. The molecular weight excluding hydrogens is 224 g/mol. The topological polar surface area (TPSA) is 26.3 Å². The lowest BCUT2D eigenvalue weighted by Gasteiger charge is -2.27. The third-order valence-electron chi connectivity index (χ3n) is 4.61. The van der Waals surface area contributed by atoms with Gasteiger partial charge in [-0.1, -0.05) is 32.8 Å². The van der Waals surface area contributed by atoms with Crippen LogP contribution in [0, 0.1) is 5.92 Å². The third-order valence-corrected chi connectivity index (χ3v) is 4.61. The molecule has 0 unspecified atom stereocenters. The van der Waals surface area contributed by atoms with Crippen LogP contribution in [0.1, 0.15) is 71.1 Å². The van der Waals surface area contributed by atoms with Gasteiger partial charge < -0.3 is 4.74 Å². The first-order valence-electron chi connectivity index (χ1n) is 7.56. The quantitative estimate of drug-likeness (QED) is 0.380. The molecule has 0 aliphatic heterocycles. The largest absolute Gasteiger partial charge is 0.456 e. The Labute approximate surface area is 111 Å². The molecule has 2 aliphatic carbocycles. The zero-order valence-electron chi connectivity index (χ0n) is 11.7. The number of ether oxygens (including phenoxy) is 1. The summed E-state index contributed by atoms with van der Waals surface area (Å²) in [6, 6.07) is 0. The van der Waals surface area contributed by atoms with E-state index in [1.165, 1.54) is 32.1 Å². The second kappa shape index (κ2) is 5.90. The molecule has 2 fully saturated rings. The van der Waals surface area contributed by atoms with Gasteiger partial charge in [-0.25, -0.2) is 4.79 Å². The van der Waals surface area contributed by atoms with Crippen LogP contribution in [0.15, 0.2) is 12.2 Å². The minimum atomic E-state index is -0.131. The molecule has 18 heavy (non-hydrogen) atoms. The highest BCUT2D eigenvalue weighted by atomic mass is 16.6. The standard InChI is InChI=1S/C16H26O2/c1-3-4-5-6-7-13(2)15(17)18-16-10-8-14(12-16)9-11-16/h14H,2-12H2,1H3. The van der Waals surface area contributed by atoms with Gasteiger partial charge >= 0.3 is 5.97 Å². The molecular formula is C16H26O2. The van der Waals surface area contributed by atoms with Crippen molar-refractivity contribution in [3.8, 4) is 0 Å². The molecule has 0 aromatic heterocycles. The molecule has 0 N–H and O–H groups in total. The van der Waals surface area contributed by atoms with Crippen molar-refractivity contribution in [2.75, 3.05) is 0 Å². The number of esters is 1. The van der Waals surface area contributed by atoms with Crippen LogP contribution in [-0.2, 0) is 9.53 Å². The molecule has 102 valence electrons. The number of hydrogen-bond acceptors (Lipinski definition) is 2. The fourth-order valence-electron chi connectivity index (χ4n) is 3.42. The summed E-state index contributed by atoms with van der Waals surface area (Å²) in [5.41, 5.74) is 0.574. The van der Waals surface area contributed by atoms with Gasteiger partial charge in [-0.3, -0.25) is 0 Å². The highest BCUT2D eigenvalue weighted by Crippen LogP contribution is 2.50. The lowest BCUT2D eigenvalue weighted by molar-refractivity contribution is -0.154. The van der Waals surface area contributed by atoms with E-state index in [4.69, 9.17) is 4.74 Å². The summed E-state index contributed by atoms with van der Waals surface area (Å²) < 4.78 is 5.77. The van der Waals surface area contributed by atoms with Gasteiger partial charge in [-0.05, 0) is 50.9 Å². The van der Waals surface area contributed by atoms with Crippen LogP contribution in [0.5, 0.6) is 0 Å². The molecule has 0 spiro atoms. The molecule has 2 saturated carbocycles. The van der Waals surface area contributed by atoms with Crippen LogP contribution in [0.25, 0.3) is 0 Å². The Kier molecular flexibility index (Phi) is 4.47. The Morgan fingerprint density at radius 1 is 1.28 bits per heavy atom. The minimum absolute atomic E-state index is 0.103. The van der Waals surface area contributed by atoms with Gasteiger partial charge in [-0.2, -0.15) is 0 Å². The predicted octanol–water partition coefficient (Wildman–Crippen LogP) is 4.39. The molecule has 0 heterocycles. The summed E-state index contributed by atoms with van der Waals surface area (Å²) in [5, 5.41) is 0. The summed E-state index contributed by atoms with van der Waals surface area (Å²) in [7, 11) is 0. The van der Waals surface area contributed by atoms with E-state index >= 15 is 0 Å². The molecule has 2 aliphatic rings. The van der Waals surface area contributed by atoms with E-state index in [-0.39, 0.29) is 11.6 Å². The fraction of sp³-hybridized carbons (Fsp3) is 0.812. The lowest BCUT2D eigenvalue weighted by atomic mass is 9.97. The van der Waals surface area contributed by atoms with Crippen molar-refractivity contribution in [1.82, 2.24) is 0 Å². The summed E-state index contributed by atoms with van der Waals surface area (Å²) in [4.78, 5) is 12.0. The molecule has 0 amide bonds. The van der Waals surface area contributed by atoms with Crippen molar-refractivity contribution in [1.29, 1.82) is 0 Å². The average Bonchev–Trinajstić information content (AvgIpc) is 2.94. The first-order valence-corrected chi connectivity index (χ1v) is 7.56. The molecule has 0 atom stereocenters. The Morgan fingerprint density at radius 3 is 2.56 bits per heavy atom. The van der Waals surface area contributed by atoms with Crippen LogP contribution in [0.4, 0.5) is 0 Å². The van der Waals surface area contributed by atoms with Crippen molar-refractivity contribution in [3.05, 3.63) is 12.2 Å². The number of unbranched alkanes of at least 4 members (excludes halogenated alkanes) is 3. The van der Waals surface area contributed by atoms with E-state index in [9.17, 15) is 4.79 Å². The normalized spacial score (nSPS) is 29.5. The molecule has 0 aromatic rings. The number of hydrogen-bond donors (Lipinski definition) is 0. The van der Waals surface area contributed by atoms with Crippen LogP contribution in [0.3, 0.4) is 0 Å². The monoisotopic (exact) mass is 250 g/mol. The first-order chi connectivity index (χ1) is 8.65. The van der Waals surface area contributed by atoms with Gasteiger partial charge in [0.15, 0.2) is 0 Å². The Hall–Kier alpha value is -0.790.